The van der Waals surface area contributed by atoms with Crippen molar-refractivity contribution in [2.45, 2.75) is 33.1 Å². The minimum Gasteiger partial charge on any atom is -0.0837 e. The Morgan fingerprint density at radius 2 is 1.71 bits per heavy atom. The smallest absolute Gasteiger partial charge is 0.0260 e. The molecule has 0 aliphatic heterocycles. The molecule has 0 nitrogen and oxygen atoms in total. The number of allylic oxidation sites excluding steroid dienone is 1. The molecule has 0 N–H and O–H groups in total. The molecular formula is C14H20. The van der Waals surface area contributed by atoms with Crippen molar-refractivity contribution in [2.24, 2.45) is 5.92 Å². The molecule has 1 rings (SSSR count). The molecule has 0 fully saturated rings. The zero-order chi connectivity index (χ0) is 10.2. The van der Waals surface area contributed by atoms with Gasteiger partial charge in [-0.15, -0.1) is 0 Å². The van der Waals surface area contributed by atoms with Crippen molar-refractivity contribution in [2.75, 3.05) is 0 Å². The van der Waals surface area contributed by atoms with E-state index in [1.54, 1.807) is 0 Å². The van der Waals surface area contributed by atoms with Gasteiger partial charge in [0, 0.05) is 0 Å². The van der Waals surface area contributed by atoms with Crippen LogP contribution in [0, 0.1) is 5.92 Å². The molecule has 0 amide bonds. The van der Waals surface area contributed by atoms with Crippen molar-refractivity contribution < 1.29 is 0 Å². The summed E-state index contributed by atoms with van der Waals surface area (Å²) in [5.74, 6) is 0.856. The maximum atomic E-state index is 2.30. The van der Waals surface area contributed by atoms with Gasteiger partial charge in [0.25, 0.3) is 0 Å². The van der Waals surface area contributed by atoms with Gasteiger partial charge in [-0.1, -0.05) is 69.2 Å². The summed E-state index contributed by atoms with van der Waals surface area (Å²) >= 11 is 0. The molecule has 1 aromatic rings. The van der Waals surface area contributed by atoms with Crippen LogP contribution in [0.25, 0.3) is 6.08 Å². The van der Waals surface area contributed by atoms with Gasteiger partial charge in [-0.3, -0.25) is 0 Å². The molecule has 0 saturated heterocycles. The predicted molar refractivity (Wildman–Crippen MR) is 64.2 cm³/mol. The third-order valence-electron chi connectivity index (χ3n) is 2.73. The fourth-order valence-electron chi connectivity index (χ4n) is 1.58. The summed E-state index contributed by atoms with van der Waals surface area (Å²) in [5, 5.41) is 0. The van der Waals surface area contributed by atoms with Crippen molar-refractivity contribution in [3.63, 3.8) is 0 Å². The van der Waals surface area contributed by atoms with Crippen LogP contribution in [0.4, 0.5) is 0 Å². The van der Waals surface area contributed by atoms with Gasteiger partial charge in [0.15, 0.2) is 0 Å². The first-order valence-corrected chi connectivity index (χ1v) is 5.58. The maximum absolute atomic E-state index is 2.30. The average molecular weight is 188 g/mol. The molecule has 0 saturated carbocycles. The summed E-state index contributed by atoms with van der Waals surface area (Å²) in [5.41, 5.74) is 1.30. The highest BCUT2D eigenvalue weighted by molar-refractivity contribution is 5.48. The fourth-order valence-corrected chi connectivity index (χ4v) is 1.58. The predicted octanol–water partition coefficient (Wildman–Crippen LogP) is 4.53. The molecule has 0 atom stereocenters. The summed E-state index contributed by atoms with van der Waals surface area (Å²) < 4.78 is 0. The lowest BCUT2D eigenvalue weighted by Gasteiger charge is -2.07. The van der Waals surface area contributed by atoms with Gasteiger partial charge in [-0.05, 0) is 17.9 Å². The number of hydrogen-bond acceptors (Lipinski definition) is 0. The van der Waals surface area contributed by atoms with Crippen LogP contribution in [-0.4, -0.2) is 0 Å². The van der Waals surface area contributed by atoms with E-state index >= 15 is 0 Å². The molecule has 0 spiro atoms. The minimum atomic E-state index is 0.856. The Kier molecular flexibility index (Phi) is 5.06. The number of hydrogen-bond donors (Lipinski definition) is 0. The highest BCUT2D eigenvalue weighted by Crippen LogP contribution is 2.14. The molecule has 0 heterocycles. The van der Waals surface area contributed by atoms with Crippen LogP contribution in [-0.2, 0) is 0 Å². The molecule has 0 radical (unpaired) electrons. The molecule has 0 bridgehead atoms. The number of benzene rings is 1. The van der Waals surface area contributed by atoms with Gasteiger partial charge in [0.1, 0.15) is 0 Å². The zero-order valence-electron chi connectivity index (χ0n) is 9.24. The van der Waals surface area contributed by atoms with E-state index in [4.69, 9.17) is 0 Å². The Hall–Kier alpha value is -1.04. The SMILES string of the molecule is CCC(CC)C/C=C/c1ccccc1. The van der Waals surface area contributed by atoms with E-state index in [1.807, 2.05) is 0 Å². The standard InChI is InChI=1S/C14H20/c1-3-13(4-2)11-8-12-14-9-6-5-7-10-14/h5-10,12-13H,3-4,11H2,1-2H3/b12-8+. The van der Waals surface area contributed by atoms with Crippen molar-refractivity contribution in [3.05, 3.63) is 42.0 Å². The molecule has 14 heavy (non-hydrogen) atoms. The van der Waals surface area contributed by atoms with Crippen LogP contribution < -0.4 is 0 Å². The normalized spacial score (nSPS) is 11.4. The van der Waals surface area contributed by atoms with Gasteiger partial charge in [0.2, 0.25) is 0 Å². The molecule has 1 aromatic carbocycles. The summed E-state index contributed by atoms with van der Waals surface area (Å²) in [4.78, 5) is 0. The second kappa shape index (κ2) is 6.42. The van der Waals surface area contributed by atoms with E-state index in [0.717, 1.165) is 5.92 Å². The lowest BCUT2D eigenvalue weighted by molar-refractivity contribution is 0.500. The maximum Gasteiger partial charge on any atom is -0.0260 e. The molecule has 0 unspecified atom stereocenters. The van der Waals surface area contributed by atoms with Gasteiger partial charge < -0.3 is 0 Å². The van der Waals surface area contributed by atoms with Crippen LogP contribution in [0.15, 0.2) is 36.4 Å². The Bertz CT molecular complexity index is 255. The number of rotatable bonds is 5. The van der Waals surface area contributed by atoms with Crippen LogP contribution in [0.3, 0.4) is 0 Å². The fraction of sp³-hybridized carbons (Fsp3) is 0.429. The largest absolute Gasteiger partial charge is 0.0837 e. The van der Waals surface area contributed by atoms with Crippen molar-refractivity contribution in [1.29, 1.82) is 0 Å². The van der Waals surface area contributed by atoms with E-state index in [1.165, 1.54) is 24.8 Å². The highest BCUT2D eigenvalue weighted by Gasteiger charge is 1.98. The van der Waals surface area contributed by atoms with Crippen molar-refractivity contribution in [3.8, 4) is 0 Å². The van der Waals surface area contributed by atoms with Crippen molar-refractivity contribution >= 4 is 6.08 Å². The Balaban J connectivity index is 2.41. The Morgan fingerprint density at radius 1 is 1.07 bits per heavy atom. The topological polar surface area (TPSA) is 0 Å². The summed E-state index contributed by atoms with van der Waals surface area (Å²) in [6, 6.07) is 10.5. The van der Waals surface area contributed by atoms with Crippen LogP contribution in [0.2, 0.25) is 0 Å². The van der Waals surface area contributed by atoms with E-state index in [9.17, 15) is 0 Å². The molecule has 0 heteroatoms. The van der Waals surface area contributed by atoms with E-state index in [-0.39, 0.29) is 0 Å². The van der Waals surface area contributed by atoms with Crippen LogP contribution >= 0.6 is 0 Å². The van der Waals surface area contributed by atoms with Gasteiger partial charge in [-0.25, -0.2) is 0 Å². The molecule has 76 valence electrons. The second-order valence-electron chi connectivity index (χ2n) is 3.73. The third kappa shape index (κ3) is 3.78. The van der Waals surface area contributed by atoms with Crippen LogP contribution in [0.1, 0.15) is 38.7 Å². The van der Waals surface area contributed by atoms with Gasteiger partial charge >= 0.3 is 0 Å². The first-order chi connectivity index (χ1) is 6.86. The Labute approximate surface area is 87.7 Å². The quantitative estimate of drug-likeness (QED) is 0.637. The Morgan fingerprint density at radius 3 is 2.29 bits per heavy atom. The van der Waals surface area contributed by atoms with E-state index in [0.29, 0.717) is 0 Å². The lowest BCUT2D eigenvalue weighted by Crippen LogP contribution is -1.93. The minimum absolute atomic E-state index is 0.856. The summed E-state index contributed by atoms with van der Waals surface area (Å²) in [7, 11) is 0. The molecule has 0 aliphatic rings. The van der Waals surface area contributed by atoms with Crippen LogP contribution in [0.5, 0.6) is 0 Å². The molecular weight excluding hydrogens is 168 g/mol. The average Bonchev–Trinajstić information content (AvgIpc) is 2.26. The first-order valence-electron chi connectivity index (χ1n) is 5.58. The highest BCUT2D eigenvalue weighted by atomic mass is 14.0. The van der Waals surface area contributed by atoms with E-state index < -0.39 is 0 Å². The molecule has 0 aromatic heterocycles. The van der Waals surface area contributed by atoms with Gasteiger partial charge in [0.05, 0.1) is 0 Å². The monoisotopic (exact) mass is 188 g/mol. The second-order valence-corrected chi connectivity index (χ2v) is 3.73. The van der Waals surface area contributed by atoms with E-state index in [2.05, 4.69) is 56.3 Å². The summed E-state index contributed by atoms with van der Waals surface area (Å²) in [6.07, 6.45) is 8.30. The first kappa shape index (κ1) is 11.0. The third-order valence-corrected chi connectivity index (χ3v) is 2.73. The summed E-state index contributed by atoms with van der Waals surface area (Å²) in [6.45, 7) is 4.54. The zero-order valence-corrected chi connectivity index (χ0v) is 9.24. The molecule has 0 aliphatic carbocycles. The lowest BCUT2D eigenvalue weighted by atomic mass is 9.99. The van der Waals surface area contributed by atoms with Crippen molar-refractivity contribution in [1.82, 2.24) is 0 Å². The van der Waals surface area contributed by atoms with Gasteiger partial charge in [-0.2, -0.15) is 0 Å².